The van der Waals surface area contributed by atoms with Crippen molar-refractivity contribution in [1.82, 2.24) is 4.90 Å². The van der Waals surface area contributed by atoms with Gasteiger partial charge < -0.3 is 10.0 Å². The van der Waals surface area contributed by atoms with Crippen molar-refractivity contribution in [2.75, 3.05) is 7.05 Å². The molecule has 6 heteroatoms. The van der Waals surface area contributed by atoms with Crippen LogP contribution in [-0.4, -0.2) is 29.1 Å². The molecule has 2 aliphatic heterocycles. The molecule has 0 amide bonds. The van der Waals surface area contributed by atoms with E-state index in [0.29, 0.717) is 6.07 Å². The van der Waals surface area contributed by atoms with E-state index in [4.69, 9.17) is 0 Å². The van der Waals surface area contributed by atoms with E-state index in [1.165, 1.54) is 0 Å². The largest absolute Gasteiger partial charge is 0.416 e. The minimum atomic E-state index is -4.54. The highest BCUT2D eigenvalue weighted by Gasteiger charge is 2.48. The highest BCUT2D eigenvalue weighted by Crippen LogP contribution is 2.46. The van der Waals surface area contributed by atoms with E-state index >= 15 is 0 Å². The average Bonchev–Trinajstić information content (AvgIpc) is 2.61. The maximum Gasteiger partial charge on any atom is 0.416 e. The topological polar surface area (TPSA) is 23.5 Å². The van der Waals surface area contributed by atoms with E-state index in [-0.39, 0.29) is 30.5 Å². The molecule has 0 aromatic heterocycles. The zero-order valence-electron chi connectivity index (χ0n) is 11.6. The Morgan fingerprint density at radius 2 is 1.76 bits per heavy atom. The molecule has 1 aromatic carbocycles. The first-order chi connectivity index (χ1) is 9.71. The molecule has 2 heterocycles. The monoisotopic (exact) mass is 303 g/mol. The van der Waals surface area contributed by atoms with Gasteiger partial charge in [0.15, 0.2) is 0 Å². The molecule has 0 aliphatic carbocycles. The van der Waals surface area contributed by atoms with Gasteiger partial charge in [0.05, 0.1) is 11.2 Å². The zero-order chi connectivity index (χ0) is 15.4. The van der Waals surface area contributed by atoms with E-state index in [2.05, 4.69) is 4.90 Å². The average molecular weight is 303 g/mol. The smallest absolute Gasteiger partial charge is 0.385 e. The van der Waals surface area contributed by atoms with Gasteiger partial charge in [-0.25, -0.2) is 4.39 Å². The SMILES string of the molecule is CN1C2CCC1CC(O)(c1cc(C(F)(F)F)ccc1F)C2. The Morgan fingerprint density at radius 1 is 1.19 bits per heavy atom. The van der Waals surface area contributed by atoms with E-state index in [1.54, 1.807) is 0 Å². The molecule has 2 fully saturated rings. The van der Waals surface area contributed by atoms with E-state index in [1.807, 2.05) is 7.05 Å². The molecule has 2 atom stereocenters. The van der Waals surface area contributed by atoms with Crippen LogP contribution in [0.15, 0.2) is 18.2 Å². The van der Waals surface area contributed by atoms with Crippen LogP contribution in [0.4, 0.5) is 17.6 Å². The van der Waals surface area contributed by atoms with Crippen molar-refractivity contribution in [3.05, 3.63) is 35.1 Å². The summed E-state index contributed by atoms with van der Waals surface area (Å²) in [6.07, 6.45) is -2.20. The fourth-order valence-electron chi connectivity index (χ4n) is 3.72. The van der Waals surface area contributed by atoms with E-state index in [0.717, 1.165) is 25.0 Å². The molecule has 116 valence electrons. The van der Waals surface area contributed by atoms with Gasteiger partial charge in [-0.2, -0.15) is 13.2 Å². The number of benzene rings is 1. The van der Waals surface area contributed by atoms with Gasteiger partial charge in [0.25, 0.3) is 0 Å². The quantitative estimate of drug-likeness (QED) is 0.805. The lowest BCUT2D eigenvalue weighted by atomic mass is 9.80. The molecule has 3 rings (SSSR count). The third kappa shape index (κ3) is 2.44. The van der Waals surface area contributed by atoms with Crippen molar-refractivity contribution < 1.29 is 22.7 Å². The molecular weight excluding hydrogens is 286 g/mol. The molecule has 1 N–H and O–H groups in total. The van der Waals surface area contributed by atoms with E-state index < -0.39 is 23.2 Å². The number of hydrogen-bond donors (Lipinski definition) is 1. The number of alkyl halides is 3. The molecule has 0 spiro atoms. The number of fused-ring (bicyclic) bond motifs is 2. The predicted molar refractivity (Wildman–Crippen MR) is 69.1 cm³/mol. The molecular formula is C15H17F4NO. The number of rotatable bonds is 1. The van der Waals surface area contributed by atoms with Crippen LogP contribution in [0.25, 0.3) is 0 Å². The van der Waals surface area contributed by atoms with Gasteiger partial charge in [-0.1, -0.05) is 0 Å². The van der Waals surface area contributed by atoms with Crippen LogP contribution in [0.2, 0.25) is 0 Å². The number of piperidine rings is 1. The summed E-state index contributed by atoms with van der Waals surface area (Å²) in [6, 6.07) is 2.48. The lowest BCUT2D eigenvalue weighted by Crippen LogP contribution is -2.48. The molecule has 2 unspecified atom stereocenters. The normalized spacial score (nSPS) is 33.4. The molecule has 1 aromatic rings. The lowest BCUT2D eigenvalue weighted by molar-refractivity contribution is -0.137. The van der Waals surface area contributed by atoms with Gasteiger partial charge in [0.1, 0.15) is 5.82 Å². The second-order valence-electron chi connectivity index (χ2n) is 6.18. The Hall–Kier alpha value is -1.14. The number of aliphatic hydroxyl groups is 1. The minimum absolute atomic E-state index is 0.0997. The standard InChI is InChI=1S/C15H17F4NO/c1-20-10-3-4-11(20)8-14(21,7-10)12-6-9(15(17,18)19)2-5-13(12)16/h2,5-6,10-11,21H,3-4,7-8H2,1H3. The Balaban J connectivity index is 2.00. The molecule has 2 saturated heterocycles. The van der Waals surface area contributed by atoms with Crippen LogP contribution in [0.3, 0.4) is 0 Å². The molecule has 0 radical (unpaired) electrons. The molecule has 2 nitrogen and oxygen atoms in total. The summed E-state index contributed by atoms with van der Waals surface area (Å²) in [6.45, 7) is 0. The molecule has 2 bridgehead atoms. The second kappa shape index (κ2) is 4.68. The first-order valence-electron chi connectivity index (χ1n) is 7.02. The predicted octanol–water partition coefficient (Wildman–Crippen LogP) is 3.29. The Morgan fingerprint density at radius 3 is 2.29 bits per heavy atom. The van der Waals surface area contributed by atoms with Gasteiger partial charge >= 0.3 is 6.18 Å². The third-order valence-corrected chi connectivity index (χ3v) is 4.93. The van der Waals surface area contributed by atoms with E-state index in [9.17, 15) is 22.7 Å². The fourth-order valence-corrected chi connectivity index (χ4v) is 3.72. The lowest BCUT2D eigenvalue weighted by Gasteiger charge is -2.42. The summed E-state index contributed by atoms with van der Waals surface area (Å²) in [7, 11) is 1.95. The molecule has 21 heavy (non-hydrogen) atoms. The fraction of sp³-hybridized carbons (Fsp3) is 0.600. The minimum Gasteiger partial charge on any atom is -0.385 e. The Labute approximate surface area is 120 Å². The molecule has 0 saturated carbocycles. The van der Waals surface area contributed by atoms with Crippen molar-refractivity contribution in [2.45, 2.75) is 49.5 Å². The number of hydrogen-bond acceptors (Lipinski definition) is 2. The zero-order valence-corrected chi connectivity index (χ0v) is 11.6. The number of halogens is 4. The summed E-state index contributed by atoms with van der Waals surface area (Å²) in [4.78, 5) is 2.14. The Kier molecular flexibility index (Phi) is 3.29. The van der Waals surface area contributed by atoms with Gasteiger partial charge in [0.2, 0.25) is 0 Å². The highest BCUT2D eigenvalue weighted by atomic mass is 19.4. The maximum atomic E-state index is 14.0. The first-order valence-corrected chi connectivity index (χ1v) is 7.02. The second-order valence-corrected chi connectivity index (χ2v) is 6.18. The van der Waals surface area contributed by atoms with Crippen LogP contribution in [0.1, 0.15) is 36.8 Å². The first kappa shape index (κ1) is 14.8. The highest BCUT2D eigenvalue weighted by molar-refractivity contribution is 5.32. The number of nitrogens with zero attached hydrogens (tertiary/aromatic N) is 1. The maximum absolute atomic E-state index is 14.0. The van der Waals surface area contributed by atoms with Gasteiger partial charge in [-0.05, 0) is 50.9 Å². The summed E-state index contributed by atoms with van der Waals surface area (Å²) < 4.78 is 52.4. The van der Waals surface area contributed by atoms with Crippen LogP contribution in [0.5, 0.6) is 0 Å². The summed E-state index contributed by atoms with van der Waals surface area (Å²) >= 11 is 0. The van der Waals surface area contributed by atoms with Crippen LogP contribution >= 0.6 is 0 Å². The van der Waals surface area contributed by atoms with Gasteiger partial charge in [-0.3, -0.25) is 0 Å². The third-order valence-electron chi connectivity index (χ3n) is 4.93. The van der Waals surface area contributed by atoms with Crippen molar-refractivity contribution in [1.29, 1.82) is 0 Å². The van der Waals surface area contributed by atoms with Crippen LogP contribution < -0.4 is 0 Å². The summed E-state index contributed by atoms with van der Waals surface area (Å²) in [5.41, 5.74) is -2.65. The van der Waals surface area contributed by atoms with Gasteiger partial charge in [-0.15, -0.1) is 0 Å². The van der Waals surface area contributed by atoms with Crippen LogP contribution in [-0.2, 0) is 11.8 Å². The molecule has 2 aliphatic rings. The Bertz CT molecular complexity index is 543. The van der Waals surface area contributed by atoms with Crippen LogP contribution in [0, 0.1) is 5.82 Å². The van der Waals surface area contributed by atoms with Crippen molar-refractivity contribution >= 4 is 0 Å². The van der Waals surface area contributed by atoms with Gasteiger partial charge in [0, 0.05) is 17.6 Å². The van der Waals surface area contributed by atoms with Crippen molar-refractivity contribution in [3.63, 3.8) is 0 Å². The summed E-state index contributed by atoms with van der Waals surface area (Å²) in [5.74, 6) is -0.769. The van der Waals surface area contributed by atoms with Crippen molar-refractivity contribution in [2.24, 2.45) is 0 Å². The summed E-state index contributed by atoms with van der Waals surface area (Å²) in [5, 5.41) is 10.8. The van der Waals surface area contributed by atoms with Crippen molar-refractivity contribution in [3.8, 4) is 0 Å².